The molecule has 0 aliphatic carbocycles. The third-order valence-electron chi connectivity index (χ3n) is 3.75. The van der Waals surface area contributed by atoms with Crippen LogP contribution in [0.25, 0.3) is 0 Å². The maximum Gasteiger partial charge on any atom is 0.416 e. The molecule has 2 nitrogen and oxygen atoms in total. The molecule has 2 rings (SSSR count). The third kappa shape index (κ3) is 4.40. The summed E-state index contributed by atoms with van der Waals surface area (Å²) < 4.78 is 43.2. The molecule has 20 heavy (non-hydrogen) atoms. The van der Waals surface area contributed by atoms with Crippen molar-refractivity contribution in [2.45, 2.75) is 25.9 Å². The van der Waals surface area contributed by atoms with E-state index in [0.717, 1.165) is 37.7 Å². The number of quaternary nitrogens is 1. The Morgan fingerprint density at radius 2 is 2.15 bits per heavy atom. The highest BCUT2D eigenvalue weighted by Crippen LogP contribution is 2.31. The Balaban J connectivity index is 1.82. The van der Waals surface area contributed by atoms with Gasteiger partial charge >= 0.3 is 6.18 Å². The van der Waals surface area contributed by atoms with E-state index < -0.39 is 11.7 Å². The molecule has 1 aromatic carbocycles. The first-order valence-corrected chi connectivity index (χ1v) is 7.09. The summed E-state index contributed by atoms with van der Waals surface area (Å²) >= 11 is 0. The van der Waals surface area contributed by atoms with Crippen LogP contribution in [0.4, 0.5) is 13.2 Å². The number of halogens is 3. The number of hydrogen-bond donors (Lipinski definition) is 1. The normalized spacial score (nSPS) is 23.6. The van der Waals surface area contributed by atoms with E-state index in [1.54, 1.807) is 6.07 Å². The fourth-order valence-electron chi connectivity index (χ4n) is 2.70. The molecule has 1 saturated heterocycles. The molecule has 0 bridgehead atoms. The number of rotatable bonds is 4. The van der Waals surface area contributed by atoms with Gasteiger partial charge in [0.25, 0.3) is 0 Å². The molecule has 0 saturated carbocycles. The van der Waals surface area contributed by atoms with E-state index in [2.05, 4.69) is 6.92 Å². The van der Waals surface area contributed by atoms with Gasteiger partial charge in [-0.1, -0.05) is 13.0 Å². The van der Waals surface area contributed by atoms with E-state index in [9.17, 15) is 13.2 Å². The predicted molar refractivity (Wildman–Crippen MR) is 70.9 cm³/mol. The van der Waals surface area contributed by atoms with Gasteiger partial charge in [-0.2, -0.15) is 13.2 Å². The van der Waals surface area contributed by atoms with Crippen molar-refractivity contribution < 1.29 is 22.8 Å². The smallest absolute Gasteiger partial charge is 0.416 e. The van der Waals surface area contributed by atoms with Gasteiger partial charge in [0.2, 0.25) is 0 Å². The molecule has 112 valence electrons. The molecule has 1 aromatic rings. The van der Waals surface area contributed by atoms with Crippen molar-refractivity contribution >= 4 is 0 Å². The molecule has 1 aliphatic rings. The quantitative estimate of drug-likeness (QED) is 0.898. The van der Waals surface area contributed by atoms with Gasteiger partial charge in [0, 0.05) is 5.92 Å². The minimum Gasteiger partial charge on any atom is -0.488 e. The van der Waals surface area contributed by atoms with Gasteiger partial charge in [0.05, 0.1) is 18.7 Å². The summed E-state index contributed by atoms with van der Waals surface area (Å²) in [5.74, 6) is 1.02. The van der Waals surface area contributed by atoms with E-state index in [4.69, 9.17) is 4.74 Å². The summed E-state index contributed by atoms with van der Waals surface area (Å²) in [6, 6.07) is 5.08. The Bertz CT molecular complexity index is 433. The van der Waals surface area contributed by atoms with Crippen LogP contribution in [0.15, 0.2) is 24.3 Å². The Hall–Kier alpha value is -1.23. The molecular weight excluding hydrogens is 267 g/mol. The molecule has 1 N–H and O–H groups in total. The molecule has 1 unspecified atom stereocenters. The zero-order valence-corrected chi connectivity index (χ0v) is 11.7. The van der Waals surface area contributed by atoms with E-state index in [1.807, 2.05) is 0 Å². The monoisotopic (exact) mass is 288 g/mol. The van der Waals surface area contributed by atoms with Crippen LogP contribution in [0.5, 0.6) is 5.75 Å². The van der Waals surface area contributed by atoms with Gasteiger partial charge in [0.15, 0.2) is 0 Å². The molecule has 5 heteroatoms. The summed E-state index contributed by atoms with van der Waals surface area (Å²) in [6.07, 6.45) is -1.81. The van der Waals surface area contributed by atoms with Gasteiger partial charge in [-0.3, -0.25) is 0 Å². The van der Waals surface area contributed by atoms with E-state index in [-0.39, 0.29) is 0 Å². The zero-order valence-electron chi connectivity index (χ0n) is 11.7. The van der Waals surface area contributed by atoms with Crippen LogP contribution >= 0.6 is 0 Å². The lowest BCUT2D eigenvalue weighted by Gasteiger charge is -2.27. The number of benzene rings is 1. The van der Waals surface area contributed by atoms with E-state index in [1.165, 1.54) is 23.8 Å². The fraction of sp³-hybridized carbons (Fsp3) is 0.600. The SMILES string of the molecule is C[C@H]1CCC[NH+](CCOc2cccc(C(F)(F)F)c2)C1. The third-order valence-corrected chi connectivity index (χ3v) is 3.75. The molecule has 1 heterocycles. The Morgan fingerprint density at radius 3 is 2.85 bits per heavy atom. The van der Waals surface area contributed by atoms with Crippen LogP contribution in [0, 0.1) is 5.92 Å². The summed E-state index contributed by atoms with van der Waals surface area (Å²) in [5, 5.41) is 0. The Labute approximate surface area is 117 Å². The van der Waals surface area contributed by atoms with Crippen molar-refractivity contribution in [1.29, 1.82) is 0 Å². The standard InChI is InChI=1S/C15H20F3NO/c1-12-4-3-7-19(11-12)8-9-20-14-6-2-5-13(10-14)15(16,17)18/h2,5-6,10,12H,3-4,7-9,11H2,1H3/p+1/t12-/m0/s1. The van der Waals surface area contributed by atoms with Crippen molar-refractivity contribution in [3.8, 4) is 5.75 Å². The average molecular weight is 288 g/mol. The highest BCUT2D eigenvalue weighted by molar-refractivity contribution is 5.30. The van der Waals surface area contributed by atoms with Gasteiger partial charge in [-0.15, -0.1) is 0 Å². The van der Waals surface area contributed by atoms with Gasteiger partial charge < -0.3 is 9.64 Å². The number of piperidine rings is 1. The maximum atomic E-state index is 12.6. The summed E-state index contributed by atoms with van der Waals surface area (Å²) in [6.45, 7) is 5.82. The van der Waals surface area contributed by atoms with Gasteiger partial charge in [-0.05, 0) is 31.0 Å². The second-order valence-electron chi connectivity index (χ2n) is 5.58. The zero-order chi connectivity index (χ0) is 14.6. The molecular formula is C15H21F3NO+. The van der Waals surface area contributed by atoms with Crippen LogP contribution in [0.1, 0.15) is 25.3 Å². The number of likely N-dealkylation sites (tertiary alicyclic amines) is 1. The second-order valence-corrected chi connectivity index (χ2v) is 5.58. The molecule has 0 radical (unpaired) electrons. The van der Waals surface area contributed by atoms with Gasteiger partial charge in [0.1, 0.15) is 18.9 Å². The highest BCUT2D eigenvalue weighted by Gasteiger charge is 2.30. The van der Waals surface area contributed by atoms with Crippen LogP contribution in [0.3, 0.4) is 0 Å². The Morgan fingerprint density at radius 1 is 1.35 bits per heavy atom. The molecule has 1 fully saturated rings. The van der Waals surface area contributed by atoms with E-state index in [0.29, 0.717) is 12.4 Å². The topological polar surface area (TPSA) is 13.7 Å². The van der Waals surface area contributed by atoms with Crippen molar-refractivity contribution in [3.05, 3.63) is 29.8 Å². The first-order chi connectivity index (χ1) is 9.45. The van der Waals surface area contributed by atoms with Crippen molar-refractivity contribution in [3.63, 3.8) is 0 Å². The van der Waals surface area contributed by atoms with Crippen molar-refractivity contribution in [2.24, 2.45) is 5.92 Å². The molecule has 0 amide bonds. The number of ether oxygens (including phenoxy) is 1. The second kappa shape index (κ2) is 6.48. The predicted octanol–water partition coefficient (Wildman–Crippen LogP) is 2.40. The Kier molecular flexibility index (Phi) is 4.91. The van der Waals surface area contributed by atoms with Crippen LogP contribution in [-0.2, 0) is 6.18 Å². The fourth-order valence-corrected chi connectivity index (χ4v) is 2.70. The van der Waals surface area contributed by atoms with Crippen LogP contribution in [-0.4, -0.2) is 26.2 Å². The maximum absolute atomic E-state index is 12.6. The van der Waals surface area contributed by atoms with Crippen LogP contribution < -0.4 is 9.64 Å². The summed E-state index contributed by atoms with van der Waals surface area (Å²) in [4.78, 5) is 1.48. The van der Waals surface area contributed by atoms with E-state index >= 15 is 0 Å². The van der Waals surface area contributed by atoms with Crippen molar-refractivity contribution in [1.82, 2.24) is 0 Å². The van der Waals surface area contributed by atoms with Crippen LogP contribution in [0.2, 0.25) is 0 Å². The lowest BCUT2D eigenvalue weighted by Crippen LogP contribution is -3.14. The summed E-state index contributed by atoms with van der Waals surface area (Å²) in [7, 11) is 0. The number of alkyl halides is 3. The first kappa shape index (κ1) is 15.2. The molecule has 1 aliphatic heterocycles. The van der Waals surface area contributed by atoms with Crippen molar-refractivity contribution in [2.75, 3.05) is 26.2 Å². The lowest BCUT2D eigenvalue weighted by atomic mass is 10.0. The molecule has 0 aromatic heterocycles. The first-order valence-electron chi connectivity index (χ1n) is 7.09. The minimum absolute atomic E-state index is 0.296. The minimum atomic E-state index is -4.31. The lowest BCUT2D eigenvalue weighted by molar-refractivity contribution is -0.908. The average Bonchev–Trinajstić information content (AvgIpc) is 2.38. The molecule has 2 atom stereocenters. The largest absolute Gasteiger partial charge is 0.488 e. The van der Waals surface area contributed by atoms with Gasteiger partial charge in [-0.25, -0.2) is 0 Å². The number of hydrogen-bond acceptors (Lipinski definition) is 1. The number of nitrogens with one attached hydrogen (secondary N) is 1. The highest BCUT2D eigenvalue weighted by atomic mass is 19.4. The molecule has 0 spiro atoms. The summed E-state index contributed by atoms with van der Waals surface area (Å²) in [5.41, 5.74) is -0.658.